The van der Waals surface area contributed by atoms with E-state index in [-0.39, 0.29) is 0 Å². The highest BCUT2D eigenvalue weighted by molar-refractivity contribution is 6.31. The van der Waals surface area contributed by atoms with Crippen molar-refractivity contribution in [3.63, 3.8) is 0 Å². The fraction of sp³-hybridized carbons (Fsp3) is 0.176. The Hall–Kier alpha value is -1.48. The molecule has 1 N–H and O–H groups in total. The molecule has 0 aliphatic heterocycles. The molecule has 0 aliphatic rings. The summed E-state index contributed by atoms with van der Waals surface area (Å²) in [5, 5.41) is 5.76. The van der Waals surface area contributed by atoms with Crippen molar-refractivity contribution >= 4 is 34.2 Å². The first-order valence-corrected chi connectivity index (χ1v) is 7.61. The maximum absolute atomic E-state index is 6.23. The van der Waals surface area contributed by atoms with Crippen LogP contribution in [0.1, 0.15) is 12.5 Å². The predicted octanol–water partition coefficient (Wildman–Crippen LogP) is 5.52. The van der Waals surface area contributed by atoms with Crippen LogP contribution < -0.4 is 5.32 Å². The number of hydrogen-bond acceptors (Lipinski definition) is 2. The molecule has 0 saturated heterocycles. The molecule has 1 heterocycles. The molecule has 2 aromatic carbocycles. The van der Waals surface area contributed by atoms with Crippen molar-refractivity contribution in [2.24, 2.45) is 0 Å². The SMILES string of the molecule is CCNCc1cc(-c2cc3cc(Cl)ccc3o2)ccc1Cl. The lowest BCUT2D eigenvalue weighted by Gasteiger charge is -2.06. The second-order valence-electron chi connectivity index (χ2n) is 4.88. The number of hydrogen-bond donors (Lipinski definition) is 1. The summed E-state index contributed by atoms with van der Waals surface area (Å²) in [5.41, 5.74) is 2.91. The number of benzene rings is 2. The van der Waals surface area contributed by atoms with Crippen molar-refractivity contribution in [3.8, 4) is 11.3 Å². The van der Waals surface area contributed by atoms with Crippen LogP contribution in [0.25, 0.3) is 22.3 Å². The van der Waals surface area contributed by atoms with Crippen LogP contribution in [0.2, 0.25) is 10.0 Å². The zero-order chi connectivity index (χ0) is 14.8. The lowest BCUT2D eigenvalue weighted by atomic mass is 10.1. The van der Waals surface area contributed by atoms with Gasteiger partial charge < -0.3 is 9.73 Å². The summed E-state index contributed by atoms with van der Waals surface area (Å²) < 4.78 is 5.89. The highest BCUT2D eigenvalue weighted by atomic mass is 35.5. The van der Waals surface area contributed by atoms with Gasteiger partial charge in [-0.2, -0.15) is 0 Å². The first-order valence-electron chi connectivity index (χ1n) is 6.86. The fourth-order valence-corrected chi connectivity index (χ4v) is 2.64. The Morgan fingerprint density at radius 1 is 1.05 bits per heavy atom. The standard InChI is InChI=1S/C17H15Cl2NO/c1-2-20-10-13-7-11(3-5-15(13)19)17-9-12-8-14(18)4-6-16(12)21-17/h3-9,20H,2,10H2,1H3. The van der Waals surface area contributed by atoms with Crippen molar-refractivity contribution in [2.45, 2.75) is 13.5 Å². The van der Waals surface area contributed by atoms with Gasteiger partial charge in [-0.05, 0) is 54.6 Å². The van der Waals surface area contributed by atoms with Crippen molar-refractivity contribution in [2.75, 3.05) is 6.54 Å². The van der Waals surface area contributed by atoms with E-state index >= 15 is 0 Å². The van der Waals surface area contributed by atoms with E-state index in [0.29, 0.717) is 5.02 Å². The molecule has 0 saturated carbocycles. The van der Waals surface area contributed by atoms with E-state index in [2.05, 4.69) is 18.3 Å². The van der Waals surface area contributed by atoms with Gasteiger partial charge in [-0.1, -0.05) is 30.1 Å². The number of rotatable bonds is 4. The molecule has 108 valence electrons. The van der Waals surface area contributed by atoms with Gasteiger partial charge >= 0.3 is 0 Å². The van der Waals surface area contributed by atoms with Gasteiger partial charge in [-0.25, -0.2) is 0 Å². The molecule has 21 heavy (non-hydrogen) atoms. The van der Waals surface area contributed by atoms with E-state index in [1.807, 2.05) is 36.4 Å². The van der Waals surface area contributed by atoms with Crippen molar-refractivity contribution in [1.29, 1.82) is 0 Å². The molecule has 0 aliphatic carbocycles. The second-order valence-corrected chi connectivity index (χ2v) is 5.72. The molecule has 0 spiro atoms. The minimum Gasteiger partial charge on any atom is -0.456 e. The Kier molecular flexibility index (Phi) is 4.20. The Bertz CT molecular complexity index is 780. The fourth-order valence-electron chi connectivity index (χ4n) is 2.28. The molecule has 4 heteroatoms. The average molecular weight is 320 g/mol. The Balaban J connectivity index is 2.01. The Morgan fingerprint density at radius 2 is 1.90 bits per heavy atom. The number of nitrogens with one attached hydrogen (secondary N) is 1. The molecule has 0 amide bonds. The van der Waals surface area contributed by atoms with Crippen LogP contribution in [-0.2, 0) is 6.54 Å². The molecule has 3 rings (SSSR count). The maximum atomic E-state index is 6.23. The molecule has 0 fully saturated rings. The maximum Gasteiger partial charge on any atom is 0.135 e. The molecule has 0 radical (unpaired) electrons. The lowest BCUT2D eigenvalue weighted by Crippen LogP contribution is -2.12. The number of halogens is 2. The predicted molar refractivity (Wildman–Crippen MR) is 89.1 cm³/mol. The molecule has 3 aromatic rings. The van der Waals surface area contributed by atoms with Gasteiger partial charge in [0.05, 0.1) is 0 Å². The molecule has 0 bridgehead atoms. The highest BCUT2D eigenvalue weighted by Crippen LogP contribution is 2.31. The van der Waals surface area contributed by atoms with Crippen LogP contribution in [0, 0.1) is 0 Å². The van der Waals surface area contributed by atoms with Gasteiger partial charge in [0.25, 0.3) is 0 Å². The van der Waals surface area contributed by atoms with E-state index in [0.717, 1.165) is 46.0 Å². The van der Waals surface area contributed by atoms with E-state index in [9.17, 15) is 0 Å². The normalized spacial score (nSPS) is 11.2. The van der Waals surface area contributed by atoms with Gasteiger partial charge in [0.2, 0.25) is 0 Å². The van der Waals surface area contributed by atoms with Crippen LogP contribution in [0.3, 0.4) is 0 Å². The third-order valence-corrected chi connectivity index (χ3v) is 3.98. The quantitative estimate of drug-likeness (QED) is 0.685. The van der Waals surface area contributed by atoms with Crippen LogP contribution >= 0.6 is 23.2 Å². The zero-order valence-electron chi connectivity index (χ0n) is 11.6. The van der Waals surface area contributed by atoms with Crippen molar-refractivity contribution < 1.29 is 4.42 Å². The summed E-state index contributed by atoms with van der Waals surface area (Å²) in [4.78, 5) is 0. The summed E-state index contributed by atoms with van der Waals surface area (Å²) in [6.07, 6.45) is 0. The molecule has 0 atom stereocenters. The van der Waals surface area contributed by atoms with Gasteiger partial charge in [0.15, 0.2) is 0 Å². The zero-order valence-corrected chi connectivity index (χ0v) is 13.1. The summed E-state index contributed by atoms with van der Waals surface area (Å²) >= 11 is 12.2. The van der Waals surface area contributed by atoms with Gasteiger partial charge in [-0.3, -0.25) is 0 Å². The van der Waals surface area contributed by atoms with Crippen LogP contribution in [-0.4, -0.2) is 6.54 Å². The Morgan fingerprint density at radius 3 is 2.71 bits per heavy atom. The highest BCUT2D eigenvalue weighted by Gasteiger charge is 2.09. The molecular formula is C17H15Cl2NO. The monoisotopic (exact) mass is 319 g/mol. The summed E-state index contributed by atoms with van der Waals surface area (Å²) in [7, 11) is 0. The average Bonchev–Trinajstić information content (AvgIpc) is 2.89. The lowest BCUT2D eigenvalue weighted by molar-refractivity contribution is 0.631. The molecule has 1 aromatic heterocycles. The van der Waals surface area contributed by atoms with Crippen LogP contribution in [0.5, 0.6) is 0 Å². The van der Waals surface area contributed by atoms with E-state index in [1.54, 1.807) is 0 Å². The van der Waals surface area contributed by atoms with E-state index < -0.39 is 0 Å². The first kappa shape index (κ1) is 14.5. The third kappa shape index (κ3) is 3.08. The topological polar surface area (TPSA) is 25.2 Å². The minimum absolute atomic E-state index is 0.707. The van der Waals surface area contributed by atoms with Gasteiger partial charge in [0.1, 0.15) is 11.3 Å². The van der Waals surface area contributed by atoms with Crippen molar-refractivity contribution in [1.82, 2.24) is 5.32 Å². The smallest absolute Gasteiger partial charge is 0.135 e. The van der Waals surface area contributed by atoms with E-state index in [1.165, 1.54) is 0 Å². The summed E-state index contributed by atoms with van der Waals surface area (Å²) in [6, 6.07) is 13.6. The molecule has 0 unspecified atom stereocenters. The minimum atomic E-state index is 0.707. The van der Waals surface area contributed by atoms with Crippen LogP contribution in [0.4, 0.5) is 0 Å². The van der Waals surface area contributed by atoms with E-state index in [4.69, 9.17) is 27.6 Å². The first-order chi connectivity index (χ1) is 10.2. The number of furan rings is 1. The third-order valence-electron chi connectivity index (χ3n) is 3.37. The van der Waals surface area contributed by atoms with Gasteiger partial charge in [0, 0.05) is 27.5 Å². The second kappa shape index (κ2) is 6.10. The molecule has 2 nitrogen and oxygen atoms in total. The largest absolute Gasteiger partial charge is 0.456 e. The number of fused-ring (bicyclic) bond motifs is 1. The summed E-state index contributed by atoms with van der Waals surface area (Å²) in [5.74, 6) is 0.821. The van der Waals surface area contributed by atoms with Crippen LogP contribution in [0.15, 0.2) is 46.9 Å². The van der Waals surface area contributed by atoms with Crippen molar-refractivity contribution in [3.05, 3.63) is 58.1 Å². The van der Waals surface area contributed by atoms with Gasteiger partial charge in [-0.15, -0.1) is 0 Å². The molecular weight excluding hydrogens is 305 g/mol. The summed E-state index contributed by atoms with van der Waals surface area (Å²) in [6.45, 7) is 3.72. The Labute approximate surface area is 133 Å².